The molecule has 0 spiro atoms. The lowest BCUT2D eigenvalue weighted by Gasteiger charge is -2.11. The fourth-order valence-electron chi connectivity index (χ4n) is 2.57. The number of methoxy groups -OCH3 is 1. The van der Waals surface area contributed by atoms with Crippen LogP contribution in [-0.2, 0) is 15.9 Å². The molecule has 23 heavy (non-hydrogen) atoms. The first-order chi connectivity index (χ1) is 11.0. The average molecular weight is 350 g/mol. The van der Waals surface area contributed by atoms with Gasteiger partial charge in [-0.15, -0.1) is 11.6 Å². The van der Waals surface area contributed by atoms with Crippen LogP contribution in [0.5, 0.6) is 5.75 Å². The van der Waals surface area contributed by atoms with Crippen LogP contribution in [0.15, 0.2) is 53.6 Å². The molecule has 0 atom stereocenters. The average Bonchev–Trinajstić information content (AvgIpc) is 3.00. The number of alkyl halides is 1. The highest BCUT2D eigenvalue weighted by molar-refractivity contribution is 7.90. The van der Waals surface area contributed by atoms with Crippen molar-refractivity contribution in [3.05, 3.63) is 59.8 Å². The first kappa shape index (κ1) is 15.9. The summed E-state index contributed by atoms with van der Waals surface area (Å²) in [6, 6.07) is 12.1. The maximum absolute atomic E-state index is 13.0. The van der Waals surface area contributed by atoms with E-state index in [1.807, 2.05) is 13.0 Å². The lowest BCUT2D eigenvalue weighted by Crippen LogP contribution is -2.12. The first-order valence-corrected chi connectivity index (χ1v) is 9.01. The standard InChI is InChI=1S/C17H16ClNO3S/c1-12-3-6-14(7-4-12)23(20,21)19-10-9-15-13(11-18)5-8-16(22-2)17(15)19/h3-10H,11H2,1-2H3. The summed E-state index contributed by atoms with van der Waals surface area (Å²) >= 11 is 5.96. The summed E-state index contributed by atoms with van der Waals surface area (Å²) in [6.07, 6.45) is 1.54. The number of benzene rings is 2. The van der Waals surface area contributed by atoms with Crippen molar-refractivity contribution in [2.75, 3.05) is 7.11 Å². The molecule has 3 aromatic rings. The molecule has 0 saturated carbocycles. The van der Waals surface area contributed by atoms with Gasteiger partial charge in [0.2, 0.25) is 0 Å². The van der Waals surface area contributed by atoms with Gasteiger partial charge in [-0.25, -0.2) is 12.4 Å². The van der Waals surface area contributed by atoms with Crippen molar-refractivity contribution in [1.82, 2.24) is 3.97 Å². The zero-order valence-corrected chi connectivity index (χ0v) is 14.4. The third-order valence-electron chi connectivity index (χ3n) is 3.81. The normalized spacial score (nSPS) is 11.8. The highest BCUT2D eigenvalue weighted by Gasteiger charge is 2.22. The smallest absolute Gasteiger partial charge is 0.268 e. The second-order valence-corrected chi connectivity index (χ2v) is 7.33. The Morgan fingerprint density at radius 1 is 1.09 bits per heavy atom. The number of hydrogen-bond acceptors (Lipinski definition) is 3. The van der Waals surface area contributed by atoms with Crippen LogP contribution in [0.3, 0.4) is 0 Å². The molecule has 0 N–H and O–H groups in total. The Morgan fingerprint density at radius 2 is 1.78 bits per heavy atom. The predicted octanol–water partition coefficient (Wildman–Crippen LogP) is 3.93. The molecule has 0 bridgehead atoms. The molecular weight excluding hydrogens is 334 g/mol. The van der Waals surface area contributed by atoms with Gasteiger partial charge in [-0.1, -0.05) is 23.8 Å². The van der Waals surface area contributed by atoms with Crippen molar-refractivity contribution in [3.63, 3.8) is 0 Å². The Morgan fingerprint density at radius 3 is 2.39 bits per heavy atom. The maximum Gasteiger partial charge on any atom is 0.268 e. The van der Waals surface area contributed by atoms with Crippen molar-refractivity contribution in [1.29, 1.82) is 0 Å². The topological polar surface area (TPSA) is 48.3 Å². The Kier molecular flexibility index (Phi) is 4.08. The summed E-state index contributed by atoms with van der Waals surface area (Å²) in [5.41, 5.74) is 2.37. The number of aromatic nitrogens is 1. The van der Waals surface area contributed by atoms with Gasteiger partial charge in [-0.2, -0.15) is 0 Å². The molecule has 0 amide bonds. The molecule has 0 aliphatic rings. The fraction of sp³-hybridized carbons (Fsp3) is 0.176. The number of ether oxygens (including phenoxy) is 1. The zero-order chi connectivity index (χ0) is 16.6. The van der Waals surface area contributed by atoms with Gasteiger partial charge in [-0.3, -0.25) is 0 Å². The van der Waals surface area contributed by atoms with E-state index in [4.69, 9.17) is 16.3 Å². The predicted molar refractivity (Wildman–Crippen MR) is 91.8 cm³/mol. The van der Waals surface area contributed by atoms with Crippen LogP contribution in [0.2, 0.25) is 0 Å². The van der Waals surface area contributed by atoms with E-state index in [0.29, 0.717) is 17.1 Å². The SMILES string of the molecule is COc1ccc(CCl)c2ccn(S(=O)(=O)c3ccc(C)cc3)c12. The van der Waals surface area contributed by atoms with Gasteiger partial charge in [0.25, 0.3) is 10.0 Å². The highest BCUT2D eigenvalue weighted by Crippen LogP contribution is 2.32. The molecular formula is C17H16ClNO3S. The van der Waals surface area contributed by atoms with Crippen LogP contribution in [-0.4, -0.2) is 19.5 Å². The van der Waals surface area contributed by atoms with Gasteiger partial charge in [-0.05, 0) is 36.8 Å². The van der Waals surface area contributed by atoms with Crippen molar-refractivity contribution in [3.8, 4) is 5.75 Å². The number of nitrogens with zero attached hydrogens (tertiary/aromatic N) is 1. The van der Waals surface area contributed by atoms with E-state index in [1.165, 1.54) is 11.1 Å². The highest BCUT2D eigenvalue weighted by atomic mass is 35.5. The lowest BCUT2D eigenvalue weighted by molar-refractivity contribution is 0.418. The quantitative estimate of drug-likeness (QED) is 0.670. The van der Waals surface area contributed by atoms with E-state index in [1.54, 1.807) is 42.6 Å². The molecule has 6 heteroatoms. The van der Waals surface area contributed by atoms with Gasteiger partial charge in [0.15, 0.2) is 0 Å². The molecule has 0 aliphatic heterocycles. The fourth-order valence-corrected chi connectivity index (χ4v) is 4.16. The monoisotopic (exact) mass is 349 g/mol. The second-order valence-electron chi connectivity index (χ2n) is 5.25. The number of fused-ring (bicyclic) bond motifs is 1. The largest absolute Gasteiger partial charge is 0.495 e. The van der Waals surface area contributed by atoms with Crippen molar-refractivity contribution < 1.29 is 13.2 Å². The summed E-state index contributed by atoms with van der Waals surface area (Å²) in [5.74, 6) is 0.796. The van der Waals surface area contributed by atoms with Crippen LogP contribution < -0.4 is 4.74 Å². The van der Waals surface area contributed by atoms with Gasteiger partial charge in [0.05, 0.1) is 12.0 Å². The molecule has 0 radical (unpaired) electrons. The zero-order valence-electron chi connectivity index (χ0n) is 12.8. The Hall–Kier alpha value is -1.98. The van der Waals surface area contributed by atoms with E-state index >= 15 is 0 Å². The minimum absolute atomic E-state index is 0.235. The molecule has 1 aromatic heterocycles. The van der Waals surface area contributed by atoms with E-state index in [0.717, 1.165) is 16.5 Å². The minimum Gasteiger partial charge on any atom is -0.495 e. The molecule has 0 saturated heterocycles. The van der Waals surface area contributed by atoms with Crippen molar-refractivity contribution >= 4 is 32.5 Å². The molecule has 2 aromatic carbocycles. The Balaban J connectivity index is 2.29. The molecule has 1 heterocycles. The molecule has 0 unspecified atom stereocenters. The maximum atomic E-state index is 13.0. The van der Waals surface area contributed by atoms with Crippen molar-refractivity contribution in [2.24, 2.45) is 0 Å². The van der Waals surface area contributed by atoms with Gasteiger partial charge >= 0.3 is 0 Å². The summed E-state index contributed by atoms with van der Waals surface area (Å²) in [4.78, 5) is 0.235. The van der Waals surface area contributed by atoms with E-state index in [-0.39, 0.29) is 4.90 Å². The molecule has 4 nitrogen and oxygen atoms in total. The lowest BCUT2D eigenvalue weighted by atomic mass is 10.1. The summed E-state index contributed by atoms with van der Waals surface area (Å²) in [6.45, 7) is 1.91. The molecule has 3 rings (SSSR count). The van der Waals surface area contributed by atoms with Crippen LogP contribution >= 0.6 is 11.6 Å². The van der Waals surface area contributed by atoms with Gasteiger partial charge in [0, 0.05) is 17.5 Å². The Labute approximate surface area is 140 Å². The summed E-state index contributed by atoms with van der Waals surface area (Å²) in [7, 11) is -2.18. The van der Waals surface area contributed by atoms with Crippen LogP contribution in [0, 0.1) is 6.92 Å². The van der Waals surface area contributed by atoms with Crippen molar-refractivity contribution in [2.45, 2.75) is 17.7 Å². The number of halogens is 1. The summed E-state index contributed by atoms with van der Waals surface area (Å²) in [5, 5.41) is 0.773. The second kappa shape index (κ2) is 5.91. The van der Waals surface area contributed by atoms with E-state index < -0.39 is 10.0 Å². The first-order valence-electron chi connectivity index (χ1n) is 7.04. The third kappa shape index (κ3) is 2.60. The molecule has 0 fully saturated rings. The van der Waals surface area contributed by atoms with Gasteiger partial charge in [0.1, 0.15) is 11.3 Å². The molecule has 0 aliphatic carbocycles. The summed E-state index contributed by atoms with van der Waals surface area (Å²) < 4.78 is 32.5. The number of hydrogen-bond donors (Lipinski definition) is 0. The van der Waals surface area contributed by atoms with Crippen LogP contribution in [0.25, 0.3) is 10.9 Å². The number of aryl methyl sites for hydroxylation is 1. The number of rotatable bonds is 4. The van der Waals surface area contributed by atoms with E-state index in [2.05, 4.69) is 0 Å². The van der Waals surface area contributed by atoms with E-state index in [9.17, 15) is 8.42 Å². The minimum atomic E-state index is -3.70. The van der Waals surface area contributed by atoms with Gasteiger partial charge < -0.3 is 4.74 Å². The third-order valence-corrected chi connectivity index (χ3v) is 5.79. The molecule has 120 valence electrons. The Bertz CT molecular complexity index is 959. The van der Waals surface area contributed by atoms with Crippen LogP contribution in [0.1, 0.15) is 11.1 Å². The van der Waals surface area contributed by atoms with Crippen LogP contribution in [0.4, 0.5) is 0 Å².